The van der Waals surface area contributed by atoms with Gasteiger partial charge in [-0.05, 0) is 72.5 Å². The zero-order valence-corrected chi connectivity index (χ0v) is 19.9. The Kier molecular flexibility index (Phi) is 7.28. The predicted octanol–water partition coefficient (Wildman–Crippen LogP) is 5.04. The number of carbonyl (C=O) groups is 2. The molecule has 1 heterocycles. The molecule has 0 saturated carbocycles. The van der Waals surface area contributed by atoms with Crippen molar-refractivity contribution in [3.8, 4) is 5.75 Å². The summed E-state index contributed by atoms with van der Waals surface area (Å²) in [5.74, 6) is -0.0834. The predicted molar refractivity (Wildman–Crippen MR) is 134 cm³/mol. The van der Waals surface area contributed by atoms with E-state index in [1.807, 2.05) is 80.6 Å². The van der Waals surface area contributed by atoms with Crippen LogP contribution in [0.1, 0.15) is 28.7 Å². The highest BCUT2D eigenvalue weighted by molar-refractivity contribution is 6.30. The van der Waals surface area contributed by atoms with Crippen LogP contribution in [-0.2, 0) is 16.2 Å². The van der Waals surface area contributed by atoms with Gasteiger partial charge in [0.2, 0.25) is 11.8 Å². The van der Waals surface area contributed by atoms with E-state index < -0.39 is 5.92 Å². The van der Waals surface area contributed by atoms with Gasteiger partial charge in [-0.1, -0.05) is 41.9 Å². The maximum absolute atomic E-state index is 12.6. The number of carbonyl (C=O) groups excluding carboxylic acids is 2. The van der Waals surface area contributed by atoms with Crippen molar-refractivity contribution in [3.63, 3.8) is 0 Å². The van der Waals surface area contributed by atoms with E-state index in [0.717, 1.165) is 22.4 Å². The number of benzene rings is 3. The van der Waals surface area contributed by atoms with Crippen LogP contribution in [0.25, 0.3) is 0 Å². The van der Waals surface area contributed by atoms with Crippen LogP contribution in [0.15, 0.2) is 71.8 Å². The van der Waals surface area contributed by atoms with E-state index in [0.29, 0.717) is 23.9 Å². The van der Waals surface area contributed by atoms with Crippen LogP contribution in [0.5, 0.6) is 5.75 Å². The second kappa shape index (κ2) is 10.5. The Bertz CT molecular complexity index is 1220. The Labute approximate surface area is 204 Å². The van der Waals surface area contributed by atoms with E-state index in [4.69, 9.17) is 16.3 Å². The number of hydrazone groups is 1. The topological polar surface area (TPSA) is 71.0 Å². The molecule has 0 bridgehead atoms. The fourth-order valence-electron chi connectivity index (χ4n) is 3.72. The van der Waals surface area contributed by atoms with Crippen LogP contribution >= 0.6 is 11.6 Å². The number of hydrogen-bond acceptors (Lipinski definition) is 4. The van der Waals surface area contributed by atoms with Gasteiger partial charge in [0.1, 0.15) is 12.4 Å². The highest BCUT2D eigenvalue weighted by Crippen LogP contribution is 2.27. The number of nitrogens with one attached hydrogen (secondary N) is 1. The molecular weight excluding hydrogens is 450 g/mol. The summed E-state index contributed by atoms with van der Waals surface area (Å²) in [5, 5.41) is 4.76. The molecule has 34 heavy (non-hydrogen) atoms. The standard InChI is InChI=1S/C27H26ClN3O3/c1-18-6-11-24(12-19(18)2)31-16-22(14-26(31)32)27(33)30-29-15-21-4-3-5-25(13-21)34-17-20-7-9-23(28)10-8-20/h3-13,15,22H,14,16-17H2,1-2H3,(H,30,33)/b29-15-/t22-/m0/s1. The van der Waals surface area contributed by atoms with Crippen molar-refractivity contribution in [2.24, 2.45) is 11.0 Å². The van der Waals surface area contributed by atoms with Crippen LogP contribution in [-0.4, -0.2) is 24.6 Å². The van der Waals surface area contributed by atoms with Gasteiger partial charge < -0.3 is 9.64 Å². The molecule has 3 aromatic carbocycles. The van der Waals surface area contributed by atoms with E-state index >= 15 is 0 Å². The minimum Gasteiger partial charge on any atom is -0.489 e. The summed E-state index contributed by atoms with van der Waals surface area (Å²) in [6.45, 7) is 4.80. The largest absolute Gasteiger partial charge is 0.489 e. The van der Waals surface area contributed by atoms with Crippen molar-refractivity contribution in [2.75, 3.05) is 11.4 Å². The quantitative estimate of drug-likeness (QED) is 0.384. The maximum atomic E-state index is 12.6. The summed E-state index contributed by atoms with van der Waals surface area (Å²) in [6.07, 6.45) is 1.73. The summed E-state index contributed by atoms with van der Waals surface area (Å²) < 4.78 is 5.83. The molecule has 1 fully saturated rings. The molecule has 0 aromatic heterocycles. The van der Waals surface area contributed by atoms with Crippen molar-refractivity contribution in [1.29, 1.82) is 0 Å². The van der Waals surface area contributed by atoms with Crippen LogP contribution in [0.3, 0.4) is 0 Å². The van der Waals surface area contributed by atoms with Gasteiger partial charge in [-0.15, -0.1) is 0 Å². The second-order valence-electron chi connectivity index (χ2n) is 8.40. The molecule has 1 saturated heterocycles. The first-order valence-electron chi connectivity index (χ1n) is 11.1. The fourth-order valence-corrected chi connectivity index (χ4v) is 3.85. The van der Waals surface area contributed by atoms with Gasteiger partial charge in [0.25, 0.3) is 0 Å². The van der Waals surface area contributed by atoms with Crippen molar-refractivity contribution in [1.82, 2.24) is 5.43 Å². The van der Waals surface area contributed by atoms with Crippen LogP contribution in [0.2, 0.25) is 5.02 Å². The minimum absolute atomic E-state index is 0.0575. The third-order valence-corrected chi connectivity index (χ3v) is 6.12. The number of rotatable bonds is 7. The lowest BCUT2D eigenvalue weighted by Gasteiger charge is -2.17. The van der Waals surface area contributed by atoms with Gasteiger partial charge in [-0.3, -0.25) is 9.59 Å². The molecule has 1 aliphatic rings. The van der Waals surface area contributed by atoms with Crippen LogP contribution in [0.4, 0.5) is 5.69 Å². The highest BCUT2D eigenvalue weighted by atomic mass is 35.5. The van der Waals surface area contributed by atoms with E-state index in [1.54, 1.807) is 11.1 Å². The van der Waals surface area contributed by atoms with Gasteiger partial charge in [-0.25, -0.2) is 5.43 Å². The summed E-state index contributed by atoms with van der Waals surface area (Å²) in [6, 6.07) is 20.8. The second-order valence-corrected chi connectivity index (χ2v) is 8.83. The third-order valence-electron chi connectivity index (χ3n) is 5.86. The van der Waals surface area contributed by atoms with Gasteiger partial charge in [0, 0.05) is 23.7 Å². The number of anilines is 1. The number of hydrogen-bond donors (Lipinski definition) is 1. The Morgan fingerprint density at radius 1 is 1.12 bits per heavy atom. The Morgan fingerprint density at radius 3 is 2.68 bits per heavy atom. The lowest BCUT2D eigenvalue weighted by molar-refractivity contribution is -0.126. The molecule has 0 aliphatic carbocycles. The van der Waals surface area contributed by atoms with E-state index in [9.17, 15) is 9.59 Å². The SMILES string of the molecule is Cc1ccc(N2C[C@@H](C(=O)N/N=C\c3cccc(OCc4ccc(Cl)cc4)c3)CC2=O)cc1C. The highest BCUT2D eigenvalue weighted by Gasteiger charge is 2.35. The van der Waals surface area contributed by atoms with Gasteiger partial charge in [0.15, 0.2) is 0 Å². The molecule has 0 unspecified atom stereocenters. The summed E-state index contributed by atoms with van der Waals surface area (Å²) in [7, 11) is 0. The molecule has 3 aromatic rings. The average Bonchev–Trinajstić information content (AvgIpc) is 3.22. The third kappa shape index (κ3) is 5.83. The number of ether oxygens (including phenoxy) is 1. The molecule has 0 spiro atoms. The van der Waals surface area contributed by atoms with Gasteiger partial charge in [-0.2, -0.15) is 5.10 Å². The maximum Gasteiger partial charge on any atom is 0.245 e. The lowest BCUT2D eigenvalue weighted by Crippen LogP contribution is -2.30. The number of amides is 2. The first-order chi connectivity index (χ1) is 16.4. The average molecular weight is 476 g/mol. The summed E-state index contributed by atoms with van der Waals surface area (Å²) in [4.78, 5) is 26.7. The molecule has 0 radical (unpaired) electrons. The zero-order chi connectivity index (χ0) is 24.1. The van der Waals surface area contributed by atoms with E-state index in [2.05, 4.69) is 10.5 Å². The number of nitrogens with zero attached hydrogens (tertiary/aromatic N) is 2. The van der Waals surface area contributed by atoms with Crippen LogP contribution < -0.4 is 15.1 Å². The summed E-state index contributed by atoms with van der Waals surface area (Å²) >= 11 is 5.91. The monoisotopic (exact) mass is 475 g/mol. The zero-order valence-electron chi connectivity index (χ0n) is 19.1. The fraction of sp³-hybridized carbons (Fsp3) is 0.222. The van der Waals surface area contributed by atoms with Crippen LogP contribution in [0, 0.1) is 19.8 Å². The smallest absolute Gasteiger partial charge is 0.245 e. The minimum atomic E-state index is -0.444. The molecular formula is C27H26ClN3O3. The Balaban J connectivity index is 1.31. The molecule has 1 aliphatic heterocycles. The molecule has 6 nitrogen and oxygen atoms in total. The lowest BCUT2D eigenvalue weighted by atomic mass is 10.1. The van der Waals surface area contributed by atoms with Crippen molar-refractivity contribution in [2.45, 2.75) is 26.9 Å². The van der Waals surface area contributed by atoms with Gasteiger partial charge >= 0.3 is 0 Å². The van der Waals surface area contributed by atoms with Crippen molar-refractivity contribution in [3.05, 3.63) is 94.0 Å². The van der Waals surface area contributed by atoms with E-state index in [-0.39, 0.29) is 18.2 Å². The molecule has 1 atom stereocenters. The molecule has 4 rings (SSSR count). The molecule has 2 amide bonds. The number of halogens is 1. The summed E-state index contributed by atoms with van der Waals surface area (Å²) in [5.41, 5.74) is 7.46. The first kappa shape index (κ1) is 23.5. The van der Waals surface area contributed by atoms with Gasteiger partial charge in [0.05, 0.1) is 12.1 Å². The van der Waals surface area contributed by atoms with Crippen molar-refractivity contribution >= 4 is 35.3 Å². The van der Waals surface area contributed by atoms with E-state index in [1.165, 1.54) is 5.56 Å². The Hall–Kier alpha value is -3.64. The molecule has 1 N–H and O–H groups in total. The first-order valence-corrected chi connectivity index (χ1v) is 11.4. The number of aryl methyl sites for hydroxylation is 2. The molecule has 174 valence electrons. The normalized spacial score (nSPS) is 15.7. The molecule has 7 heteroatoms. The Morgan fingerprint density at radius 2 is 1.91 bits per heavy atom. The van der Waals surface area contributed by atoms with Crippen molar-refractivity contribution < 1.29 is 14.3 Å².